The molecular weight excluding hydrogens is 398 g/mol. The van der Waals surface area contributed by atoms with E-state index in [1.54, 1.807) is 0 Å². The largest absolute Gasteiger partial charge is 0.440 e. The van der Waals surface area contributed by atoms with Crippen molar-refractivity contribution in [3.63, 3.8) is 0 Å². The molecule has 4 aromatic rings. The number of H-pyrrole nitrogens is 1. The summed E-state index contributed by atoms with van der Waals surface area (Å²) in [6.07, 6.45) is 0. The van der Waals surface area contributed by atoms with E-state index in [0.29, 0.717) is 5.56 Å². The minimum absolute atomic E-state index is 0.299. The Labute approximate surface area is 188 Å². The number of esters is 1. The zero-order valence-electron chi connectivity index (χ0n) is 19.1. The van der Waals surface area contributed by atoms with Gasteiger partial charge in [0.15, 0.2) is 5.60 Å². The standard InChI is InChI=1S/C27H27N3O2/c1-17-25(20-11-7-9-13-23(20)28-17)27(21-12-8-6-10-19(21)26(31)32-27)22-15-14-18(29(2)3)16-24(22)30(4)5/h6-16,28H,1-5H3. The van der Waals surface area contributed by atoms with Gasteiger partial charge in [0.2, 0.25) is 0 Å². The Bertz CT molecular complexity index is 1350. The molecule has 1 atom stereocenters. The average Bonchev–Trinajstić information content (AvgIpc) is 3.27. The van der Waals surface area contributed by atoms with Crippen LogP contribution >= 0.6 is 0 Å². The lowest BCUT2D eigenvalue weighted by atomic mass is 9.77. The average molecular weight is 426 g/mol. The minimum Gasteiger partial charge on any atom is -0.440 e. The third-order valence-corrected chi connectivity index (χ3v) is 6.38. The van der Waals surface area contributed by atoms with Gasteiger partial charge in [0.1, 0.15) is 0 Å². The maximum atomic E-state index is 13.2. The van der Waals surface area contributed by atoms with Crippen molar-refractivity contribution < 1.29 is 9.53 Å². The molecule has 0 spiro atoms. The lowest BCUT2D eigenvalue weighted by molar-refractivity contribution is 0.0256. The number of carbonyl (C=O) groups excluding carboxylic acids is 1. The fraction of sp³-hybridized carbons (Fsp3) is 0.222. The Balaban J connectivity index is 1.93. The Hall–Kier alpha value is -3.73. The first-order chi connectivity index (χ1) is 15.3. The zero-order valence-corrected chi connectivity index (χ0v) is 19.1. The number of hydrogen-bond donors (Lipinski definition) is 1. The fourth-order valence-electron chi connectivity index (χ4n) is 4.93. The van der Waals surface area contributed by atoms with Crippen LogP contribution in [0.25, 0.3) is 10.9 Å². The van der Waals surface area contributed by atoms with Crippen LogP contribution in [0.2, 0.25) is 0 Å². The number of cyclic esters (lactones) is 1. The molecule has 1 unspecified atom stereocenters. The quantitative estimate of drug-likeness (QED) is 0.464. The van der Waals surface area contributed by atoms with Crippen LogP contribution in [-0.4, -0.2) is 39.1 Å². The number of para-hydroxylation sites is 1. The Morgan fingerprint density at radius 1 is 0.844 bits per heavy atom. The molecule has 1 aliphatic heterocycles. The minimum atomic E-state index is -1.05. The normalized spacial score (nSPS) is 17.3. The Morgan fingerprint density at radius 3 is 2.31 bits per heavy atom. The molecule has 162 valence electrons. The molecule has 32 heavy (non-hydrogen) atoms. The first-order valence-corrected chi connectivity index (χ1v) is 10.7. The van der Waals surface area contributed by atoms with Crippen molar-refractivity contribution in [3.8, 4) is 0 Å². The van der Waals surface area contributed by atoms with E-state index in [9.17, 15) is 4.79 Å². The van der Waals surface area contributed by atoms with E-state index in [0.717, 1.165) is 44.7 Å². The summed E-state index contributed by atoms with van der Waals surface area (Å²) in [6, 6.07) is 22.3. The van der Waals surface area contributed by atoms with Gasteiger partial charge in [-0.3, -0.25) is 0 Å². The van der Waals surface area contributed by atoms with Gasteiger partial charge in [0, 0.05) is 72.9 Å². The van der Waals surface area contributed by atoms with Crippen molar-refractivity contribution in [2.24, 2.45) is 0 Å². The lowest BCUT2D eigenvalue weighted by Crippen LogP contribution is -2.32. The number of aromatic amines is 1. The zero-order chi connectivity index (χ0) is 22.6. The third kappa shape index (κ3) is 2.74. The number of nitrogens with zero attached hydrogens (tertiary/aromatic N) is 2. The second-order valence-corrected chi connectivity index (χ2v) is 8.78. The van der Waals surface area contributed by atoms with Crippen LogP contribution in [0.3, 0.4) is 0 Å². The Kier molecular flexibility index (Phi) is 4.52. The van der Waals surface area contributed by atoms with E-state index < -0.39 is 5.60 Å². The first-order valence-electron chi connectivity index (χ1n) is 10.7. The molecule has 1 aliphatic rings. The molecule has 0 aliphatic carbocycles. The topological polar surface area (TPSA) is 48.6 Å². The van der Waals surface area contributed by atoms with Crippen molar-refractivity contribution >= 4 is 28.2 Å². The van der Waals surface area contributed by atoms with Crippen molar-refractivity contribution in [2.75, 3.05) is 38.0 Å². The summed E-state index contributed by atoms with van der Waals surface area (Å²) in [5.41, 5.74) is 6.45. The van der Waals surface area contributed by atoms with Crippen molar-refractivity contribution in [2.45, 2.75) is 12.5 Å². The van der Waals surface area contributed by atoms with Gasteiger partial charge in [-0.15, -0.1) is 0 Å². The molecule has 0 fully saturated rings. The van der Waals surface area contributed by atoms with Crippen molar-refractivity contribution in [1.29, 1.82) is 0 Å². The van der Waals surface area contributed by atoms with Crippen LogP contribution in [-0.2, 0) is 10.3 Å². The fourth-order valence-corrected chi connectivity index (χ4v) is 4.93. The summed E-state index contributed by atoms with van der Waals surface area (Å²) in [5.74, 6) is -0.299. The summed E-state index contributed by atoms with van der Waals surface area (Å²) in [7, 11) is 8.10. The summed E-state index contributed by atoms with van der Waals surface area (Å²) in [4.78, 5) is 20.9. The highest BCUT2D eigenvalue weighted by Crippen LogP contribution is 2.52. The SMILES string of the molecule is Cc1[nH]c2ccccc2c1C1(c2ccc(N(C)C)cc2N(C)C)OC(=O)c2ccccc21. The van der Waals surface area contributed by atoms with Gasteiger partial charge in [0.25, 0.3) is 0 Å². The number of benzene rings is 3. The van der Waals surface area contributed by atoms with Gasteiger partial charge in [-0.2, -0.15) is 0 Å². The van der Waals surface area contributed by atoms with E-state index in [1.807, 2.05) is 64.6 Å². The van der Waals surface area contributed by atoms with E-state index >= 15 is 0 Å². The van der Waals surface area contributed by atoms with Crippen molar-refractivity contribution in [3.05, 3.63) is 94.7 Å². The Morgan fingerprint density at radius 2 is 1.56 bits per heavy atom. The molecule has 0 amide bonds. The molecule has 1 N–H and O–H groups in total. The molecule has 1 aromatic heterocycles. The molecule has 0 saturated heterocycles. The molecule has 0 saturated carbocycles. The third-order valence-electron chi connectivity index (χ3n) is 6.38. The van der Waals surface area contributed by atoms with Gasteiger partial charge in [-0.25, -0.2) is 4.79 Å². The summed E-state index contributed by atoms with van der Waals surface area (Å²) < 4.78 is 6.43. The van der Waals surface area contributed by atoms with Gasteiger partial charge in [-0.05, 0) is 31.2 Å². The van der Waals surface area contributed by atoms with E-state index in [-0.39, 0.29) is 5.97 Å². The van der Waals surface area contributed by atoms with Gasteiger partial charge >= 0.3 is 5.97 Å². The molecule has 0 radical (unpaired) electrons. The second-order valence-electron chi connectivity index (χ2n) is 8.78. The number of carbonyl (C=O) groups is 1. The summed E-state index contributed by atoms with van der Waals surface area (Å²) in [6.45, 7) is 2.05. The maximum Gasteiger partial charge on any atom is 0.340 e. The molecule has 3 aromatic carbocycles. The number of aromatic nitrogens is 1. The molecular formula is C27H27N3O2. The number of rotatable bonds is 4. The van der Waals surface area contributed by atoms with Gasteiger partial charge in [0.05, 0.1) is 5.56 Å². The molecule has 2 heterocycles. The molecule has 5 nitrogen and oxygen atoms in total. The van der Waals surface area contributed by atoms with E-state index in [4.69, 9.17) is 4.74 Å². The number of ether oxygens (including phenoxy) is 1. The van der Waals surface area contributed by atoms with Crippen LogP contribution in [0, 0.1) is 6.92 Å². The number of anilines is 2. The highest BCUT2D eigenvalue weighted by molar-refractivity contribution is 5.99. The first kappa shape index (κ1) is 20.2. The summed E-state index contributed by atoms with van der Waals surface area (Å²) >= 11 is 0. The van der Waals surface area contributed by atoms with Crippen LogP contribution in [0.1, 0.15) is 32.7 Å². The number of fused-ring (bicyclic) bond motifs is 2. The lowest BCUT2D eigenvalue weighted by Gasteiger charge is -2.34. The van der Waals surface area contributed by atoms with Gasteiger partial charge < -0.3 is 19.5 Å². The van der Waals surface area contributed by atoms with Crippen LogP contribution in [0.5, 0.6) is 0 Å². The molecule has 5 heteroatoms. The van der Waals surface area contributed by atoms with Crippen LogP contribution in [0.4, 0.5) is 11.4 Å². The highest BCUT2D eigenvalue weighted by atomic mass is 16.6. The smallest absolute Gasteiger partial charge is 0.340 e. The second kappa shape index (κ2) is 7.16. The van der Waals surface area contributed by atoms with Crippen molar-refractivity contribution in [1.82, 2.24) is 4.98 Å². The highest BCUT2D eigenvalue weighted by Gasteiger charge is 2.51. The van der Waals surface area contributed by atoms with Crippen LogP contribution < -0.4 is 9.80 Å². The molecule has 0 bridgehead atoms. The van der Waals surface area contributed by atoms with Gasteiger partial charge in [-0.1, -0.05) is 42.5 Å². The summed E-state index contributed by atoms with van der Waals surface area (Å²) in [5, 5.41) is 1.05. The predicted molar refractivity (Wildman–Crippen MR) is 130 cm³/mol. The number of nitrogens with one attached hydrogen (secondary N) is 1. The van der Waals surface area contributed by atoms with Crippen LogP contribution in [0.15, 0.2) is 66.7 Å². The predicted octanol–water partition coefficient (Wildman–Crippen LogP) is 5.07. The van der Waals surface area contributed by atoms with E-state index in [2.05, 4.69) is 52.0 Å². The monoisotopic (exact) mass is 425 g/mol. The van der Waals surface area contributed by atoms with E-state index in [1.165, 1.54) is 0 Å². The number of hydrogen-bond acceptors (Lipinski definition) is 4. The number of aryl methyl sites for hydroxylation is 1. The molecule has 5 rings (SSSR count). The maximum absolute atomic E-state index is 13.2.